The second kappa shape index (κ2) is 5.77. The van der Waals surface area contributed by atoms with Gasteiger partial charge in [0.25, 0.3) is 0 Å². The lowest BCUT2D eigenvalue weighted by Crippen LogP contribution is -2.09. The second-order valence-electron chi connectivity index (χ2n) is 4.85. The molecule has 3 aromatic rings. The van der Waals surface area contributed by atoms with Crippen LogP contribution in [0.4, 0.5) is 0 Å². The normalized spacial score (nSPS) is 11.2. The average Bonchev–Trinajstić information content (AvgIpc) is 3.04. The Morgan fingerprint density at radius 3 is 2.81 bits per heavy atom. The van der Waals surface area contributed by atoms with Crippen LogP contribution in [0.15, 0.2) is 30.5 Å². The summed E-state index contributed by atoms with van der Waals surface area (Å²) in [7, 11) is 3.60. The van der Waals surface area contributed by atoms with E-state index < -0.39 is 0 Å². The quantitative estimate of drug-likeness (QED) is 0.681. The highest BCUT2D eigenvalue weighted by Crippen LogP contribution is 2.23. The molecule has 0 unspecified atom stereocenters. The van der Waals surface area contributed by atoms with E-state index in [-0.39, 0.29) is 0 Å². The van der Waals surface area contributed by atoms with Crippen LogP contribution in [-0.2, 0) is 20.0 Å². The summed E-state index contributed by atoms with van der Waals surface area (Å²) in [4.78, 5) is 4.69. The number of nitrogens with zero attached hydrogens (tertiary/aromatic N) is 4. The molecule has 0 spiro atoms. The highest BCUT2D eigenvalue weighted by molar-refractivity contribution is 6.17. The molecule has 0 amide bonds. The van der Waals surface area contributed by atoms with Gasteiger partial charge in [0.2, 0.25) is 0 Å². The van der Waals surface area contributed by atoms with Gasteiger partial charge in [-0.15, -0.1) is 11.6 Å². The van der Waals surface area contributed by atoms with Crippen molar-refractivity contribution >= 4 is 22.6 Å². The Morgan fingerprint density at radius 2 is 2.14 bits per heavy atom. The Morgan fingerprint density at radius 1 is 1.29 bits per heavy atom. The van der Waals surface area contributed by atoms with E-state index in [0.717, 1.165) is 41.3 Å². The SMILES string of the molecule is COc1ccc2c(c1)nc(CCCl)n2Cc1ccnn1C. The predicted molar refractivity (Wildman–Crippen MR) is 83.0 cm³/mol. The minimum absolute atomic E-state index is 0.547. The number of methoxy groups -OCH3 is 1. The van der Waals surface area contributed by atoms with Crippen LogP contribution in [0.25, 0.3) is 11.0 Å². The number of imidazole rings is 1. The summed E-state index contributed by atoms with van der Waals surface area (Å²) in [5.74, 6) is 2.34. The number of rotatable bonds is 5. The molecule has 0 aliphatic carbocycles. The second-order valence-corrected chi connectivity index (χ2v) is 5.23. The van der Waals surface area contributed by atoms with Gasteiger partial charge in [-0.25, -0.2) is 4.98 Å². The number of hydrogen-bond acceptors (Lipinski definition) is 3. The maximum absolute atomic E-state index is 5.91. The maximum atomic E-state index is 5.91. The lowest BCUT2D eigenvalue weighted by Gasteiger charge is -2.09. The molecule has 0 bridgehead atoms. The van der Waals surface area contributed by atoms with Crippen molar-refractivity contribution in [3.05, 3.63) is 42.0 Å². The first-order chi connectivity index (χ1) is 10.2. The third-order valence-corrected chi connectivity index (χ3v) is 3.78. The molecule has 0 saturated heterocycles. The highest BCUT2D eigenvalue weighted by Gasteiger charge is 2.12. The van der Waals surface area contributed by atoms with Gasteiger partial charge in [0.05, 0.1) is 30.4 Å². The van der Waals surface area contributed by atoms with Crippen LogP contribution in [-0.4, -0.2) is 32.3 Å². The van der Waals surface area contributed by atoms with Gasteiger partial charge in [-0.05, 0) is 18.2 Å². The van der Waals surface area contributed by atoms with E-state index in [9.17, 15) is 0 Å². The zero-order chi connectivity index (χ0) is 14.8. The van der Waals surface area contributed by atoms with Crippen molar-refractivity contribution in [2.75, 3.05) is 13.0 Å². The fraction of sp³-hybridized carbons (Fsp3) is 0.333. The van der Waals surface area contributed by atoms with E-state index in [1.165, 1.54) is 0 Å². The Balaban J connectivity index is 2.09. The zero-order valence-electron chi connectivity index (χ0n) is 12.1. The maximum Gasteiger partial charge on any atom is 0.121 e. The van der Waals surface area contributed by atoms with Gasteiger partial charge in [0.15, 0.2) is 0 Å². The summed E-state index contributed by atoms with van der Waals surface area (Å²) in [5, 5.41) is 4.22. The molecule has 21 heavy (non-hydrogen) atoms. The zero-order valence-corrected chi connectivity index (χ0v) is 12.8. The molecule has 0 N–H and O–H groups in total. The third-order valence-electron chi connectivity index (χ3n) is 3.60. The molecule has 2 heterocycles. The average molecular weight is 305 g/mol. The highest BCUT2D eigenvalue weighted by atomic mass is 35.5. The van der Waals surface area contributed by atoms with Crippen LogP contribution in [0.1, 0.15) is 11.5 Å². The number of halogens is 1. The molecule has 0 fully saturated rings. The van der Waals surface area contributed by atoms with Crippen molar-refractivity contribution in [2.24, 2.45) is 7.05 Å². The van der Waals surface area contributed by atoms with Gasteiger partial charge in [0.1, 0.15) is 11.6 Å². The summed E-state index contributed by atoms with van der Waals surface area (Å²) in [6, 6.07) is 7.95. The van der Waals surface area contributed by atoms with E-state index in [4.69, 9.17) is 21.3 Å². The van der Waals surface area contributed by atoms with E-state index in [2.05, 4.69) is 9.67 Å². The first-order valence-electron chi connectivity index (χ1n) is 6.79. The van der Waals surface area contributed by atoms with Gasteiger partial charge in [-0.1, -0.05) is 0 Å². The molecule has 2 aromatic heterocycles. The van der Waals surface area contributed by atoms with E-state index in [1.807, 2.05) is 36.0 Å². The molecule has 5 nitrogen and oxygen atoms in total. The van der Waals surface area contributed by atoms with Crippen LogP contribution < -0.4 is 4.74 Å². The van der Waals surface area contributed by atoms with E-state index in [0.29, 0.717) is 5.88 Å². The van der Waals surface area contributed by atoms with Crippen LogP contribution in [0.5, 0.6) is 5.75 Å². The summed E-state index contributed by atoms with van der Waals surface area (Å²) >= 11 is 5.91. The summed E-state index contributed by atoms with van der Waals surface area (Å²) in [6.07, 6.45) is 2.54. The Hall–Kier alpha value is -2.01. The number of fused-ring (bicyclic) bond motifs is 1. The molecule has 1 aromatic carbocycles. The molecule has 0 aliphatic rings. The minimum atomic E-state index is 0.547. The van der Waals surface area contributed by atoms with Gasteiger partial charge in [-0.2, -0.15) is 5.10 Å². The van der Waals surface area contributed by atoms with E-state index >= 15 is 0 Å². The predicted octanol–water partition coefficient (Wildman–Crippen LogP) is 2.61. The molecular weight excluding hydrogens is 288 g/mol. The summed E-state index contributed by atoms with van der Waals surface area (Å²) < 4.78 is 9.33. The molecular formula is C15H17ClN4O. The number of hydrogen-bond donors (Lipinski definition) is 0. The molecule has 3 rings (SSSR count). The topological polar surface area (TPSA) is 44.9 Å². The number of aromatic nitrogens is 4. The van der Waals surface area contributed by atoms with E-state index in [1.54, 1.807) is 13.3 Å². The largest absolute Gasteiger partial charge is 0.497 e. The Labute approximate surface area is 128 Å². The van der Waals surface area contributed by atoms with Crippen LogP contribution >= 0.6 is 11.6 Å². The van der Waals surface area contributed by atoms with Gasteiger partial charge < -0.3 is 9.30 Å². The third kappa shape index (κ3) is 2.61. The first-order valence-corrected chi connectivity index (χ1v) is 7.32. The number of benzene rings is 1. The van der Waals surface area contributed by atoms with Crippen molar-refractivity contribution in [3.8, 4) is 5.75 Å². The molecule has 0 aliphatic heterocycles. The number of aryl methyl sites for hydroxylation is 2. The van der Waals surface area contributed by atoms with Crippen LogP contribution in [0.3, 0.4) is 0 Å². The summed E-state index contributed by atoms with van der Waals surface area (Å²) in [6.45, 7) is 0.728. The fourth-order valence-corrected chi connectivity index (χ4v) is 2.63. The van der Waals surface area contributed by atoms with Crippen molar-refractivity contribution in [3.63, 3.8) is 0 Å². The molecule has 6 heteroatoms. The Bertz CT molecular complexity index is 762. The molecule has 0 atom stereocenters. The molecule has 110 valence electrons. The summed E-state index contributed by atoms with van der Waals surface area (Å²) in [5.41, 5.74) is 3.13. The van der Waals surface area contributed by atoms with Crippen molar-refractivity contribution in [1.29, 1.82) is 0 Å². The van der Waals surface area contributed by atoms with Crippen molar-refractivity contribution in [1.82, 2.24) is 19.3 Å². The number of ether oxygens (including phenoxy) is 1. The van der Waals surface area contributed by atoms with Crippen molar-refractivity contribution in [2.45, 2.75) is 13.0 Å². The smallest absolute Gasteiger partial charge is 0.121 e. The van der Waals surface area contributed by atoms with Crippen LogP contribution in [0.2, 0.25) is 0 Å². The van der Waals surface area contributed by atoms with Gasteiger partial charge >= 0.3 is 0 Å². The standard InChI is InChI=1S/C15H17ClN4O/c1-19-11(6-8-17-19)10-20-14-4-3-12(21-2)9-13(14)18-15(20)5-7-16/h3-4,6,8-9H,5,7,10H2,1-2H3. The van der Waals surface area contributed by atoms with Gasteiger partial charge in [-0.3, -0.25) is 4.68 Å². The van der Waals surface area contributed by atoms with Crippen LogP contribution in [0, 0.1) is 0 Å². The minimum Gasteiger partial charge on any atom is -0.497 e. The number of alkyl halides is 1. The lowest BCUT2D eigenvalue weighted by molar-refractivity contribution is 0.415. The lowest BCUT2D eigenvalue weighted by atomic mass is 10.3. The first kappa shape index (κ1) is 13.9. The van der Waals surface area contributed by atoms with Gasteiger partial charge in [0, 0.05) is 31.6 Å². The monoisotopic (exact) mass is 304 g/mol. The molecule has 0 radical (unpaired) electrons. The van der Waals surface area contributed by atoms with Crippen molar-refractivity contribution < 1.29 is 4.74 Å². The Kier molecular flexibility index (Phi) is 3.84. The fourth-order valence-electron chi connectivity index (χ4n) is 2.46. The molecule has 0 saturated carbocycles.